The van der Waals surface area contributed by atoms with Gasteiger partial charge in [0, 0.05) is 5.69 Å². The predicted molar refractivity (Wildman–Crippen MR) is 94.2 cm³/mol. The van der Waals surface area contributed by atoms with E-state index in [1.807, 2.05) is 24.3 Å². The molecule has 5 heteroatoms. The van der Waals surface area contributed by atoms with Gasteiger partial charge in [-0.3, -0.25) is 0 Å². The molecule has 3 nitrogen and oxygen atoms in total. The Hall–Kier alpha value is -1.71. The molecule has 0 radical (unpaired) electrons. The van der Waals surface area contributed by atoms with Crippen LogP contribution in [0.3, 0.4) is 0 Å². The fourth-order valence-electron chi connectivity index (χ4n) is 1.94. The number of amides is 2. The molecule has 2 amide bonds. The fourth-order valence-corrected chi connectivity index (χ4v) is 2.29. The van der Waals surface area contributed by atoms with E-state index in [1.54, 1.807) is 18.2 Å². The van der Waals surface area contributed by atoms with Crippen LogP contribution in [0.15, 0.2) is 42.5 Å². The van der Waals surface area contributed by atoms with E-state index in [9.17, 15) is 4.79 Å². The average Bonchev–Trinajstić information content (AvgIpc) is 2.43. The molecule has 0 spiro atoms. The first-order valence-corrected chi connectivity index (χ1v) is 7.65. The van der Waals surface area contributed by atoms with Gasteiger partial charge in [-0.15, -0.1) is 0 Å². The number of hydrogen-bond acceptors (Lipinski definition) is 1. The molecule has 0 aromatic heterocycles. The summed E-state index contributed by atoms with van der Waals surface area (Å²) in [6.45, 7) is 6.43. The highest BCUT2D eigenvalue weighted by Crippen LogP contribution is 2.29. The summed E-state index contributed by atoms with van der Waals surface area (Å²) in [5.74, 6) is 0. The summed E-state index contributed by atoms with van der Waals surface area (Å²) in [7, 11) is 0. The van der Waals surface area contributed by atoms with E-state index in [0.29, 0.717) is 21.4 Å². The highest BCUT2D eigenvalue weighted by molar-refractivity contribution is 6.44. The number of anilines is 2. The molecule has 0 aliphatic rings. The van der Waals surface area contributed by atoms with Crippen molar-refractivity contribution >= 4 is 40.6 Å². The Kier molecular flexibility index (Phi) is 4.99. The summed E-state index contributed by atoms with van der Waals surface area (Å²) in [5.41, 5.74) is 2.47. The van der Waals surface area contributed by atoms with Crippen LogP contribution in [-0.4, -0.2) is 6.03 Å². The number of hydrogen-bond donors (Lipinski definition) is 2. The van der Waals surface area contributed by atoms with E-state index >= 15 is 0 Å². The number of rotatable bonds is 2. The lowest BCUT2D eigenvalue weighted by Crippen LogP contribution is -2.20. The molecule has 2 rings (SSSR count). The third kappa shape index (κ3) is 4.15. The first-order valence-electron chi connectivity index (χ1n) is 6.90. The van der Waals surface area contributed by atoms with Crippen molar-refractivity contribution in [3.05, 3.63) is 58.1 Å². The smallest absolute Gasteiger partial charge is 0.308 e. The minimum Gasteiger partial charge on any atom is -0.308 e. The standard InChI is InChI=1S/C17H18Cl2N2O/c1-17(2,3)11-7-9-12(10-8-11)20-16(22)21-14-6-4-5-13(18)15(14)19/h4-10H,1-3H3,(H2,20,21,22). The molecular weight excluding hydrogens is 319 g/mol. The minimum absolute atomic E-state index is 0.0785. The molecule has 22 heavy (non-hydrogen) atoms. The summed E-state index contributed by atoms with van der Waals surface area (Å²) in [6, 6.07) is 12.5. The highest BCUT2D eigenvalue weighted by Gasteiger charge is 2.13. The first kappa shape index (κ1) is 16.7. The van der Waals surface area contributed by atoms with Crippen molar-refractivity contribution in [3.63, 3.8) is 0 Å². The number of benzene rings is 2. The van der Waals surface area contributed by atoms with Crippen LogP contribution in [0.4, 0.5) is 16.2 Å². The molecule has 2 aromatic rings. The topological polar surface area (TPSA) is 41.1 Å². The molecule has 0 heterocycles. The lowest BCUT2D eigenvalue weighted by molar-refractivity contribution is 0.262. The molecule has 0 saturated carbocycles. The van der Waals surface area contributed by atoms with E-state index in [-0.39, 0.29) is 11.4 Å². The van der Waals surface area contributed by atoms with Crippen LogP contribution in [-0.2, 0) is 5.41 Å². The third-order valence-electron chi connectivity index (χ3n) is 3.21. The van der Waals surface area contributed by atoms with Crippen LogP contribution in [0.1, 0.15) is 26.3 Å². The van der Waals surface area contributed by atoms with Gasteiger partial charge < -0.3 is 10.6 Å². The van der Waals surface area contributed by atoms with Gasteiger partial charge in [0.2, 0.25) is 0 Å². The summed E-state index contributed by atoms with van der Waals surface area (Å²) >= 11 is 12.0. The van der Waals surface area contributed by atoms with Gasteiger partial charge >= 0.3 is 6.03 Å². The zero-order chi connectivity index (χ0) is 16.3. The molecular formula is C17H18Cl2N2O. The molecule has 0 atom stereocenters. The maximum Gasteiger partial charge on any atom is 0.323 e. The van der Waals surface area contributed by atoms with E-state index in [2.05, 4.69) is 31.4 Å². The van der Waals surface area contributed by atoms with Crippen molar-refractivity contribution in [2.75, 3.05) is 10.6 Å². The average molecular weight is 337 g/mol. The van der Waals surface area contributed by atoms with Gasteiger partial charge in [0.05, 0.1) is 15.7 Å². The molecule has 0 aliphatic carbocycles. The number of halogens is 2. The van der Waals surface area contributed by atoms with E-state index in [0.717, 1.165) is 0 Å². The van der Waals surface area contributed by atoms with Gasteiger partial charge in [-0.2, -0.15) is 0 Å². The zero-order valence-corrected chi connectivity index (χ0v) is 14.2. The second-order valence-electron chi connectivity index (χ2n) is 6.01. The summed E-state index contributed by atoms with van der Waals surface area (Å²) in [5, 5.41) is 6.16. The van der Waals surface area contributed by atoms with Crippen molar-refractivity contribution in [3.8, 4) is 0 Å². The number of nitrogens with one attached hydrogen (secondary N) is 2. The Morgan fingerprint density at radius 3 is 2.18 bits per heavy atom. The van der Waals surface area contributed by atoms with Crippen LogP contribution in [0.25, 0.3) is 0 Å². The van der Waals surface area contributed by atoms with Crippen LogP contribution in [0, 0.1) is 0 Å². The van der Waals surface area contributed by atoms with Crippen molar-refractivity contribution < 1.29 is 4.79 Å². The quantitative estimate of drug-likeness (QED) is 0.700. The van der Waals surface area contributed by atoms with Crippen LogP contribution >= 0.6 is 23.2 Å². The van der Waals surface area contributed by atoms with E-state index < -0.39 is 0 Å². The highest BCUT2D eigenvalue weighted by atomic mass is 35.5. The molecule has 2 aromatic carbocycles. The van der Waals surface area contributed by atoms with E-state index in [4.69, 9.17) is 23.2 Å². The fraction of sp³-hybridized carbons (Fsp3) is 0.235. The Labute approximate surface area is 140 Å². The number of carbonyl (C=O) groups excluding carboxylic acids is 1. The third-order valence-corrected chi connectivity index (χ3v) is 4.03. The second-order valence-corrected chi connectivity index (χ2v) is 6.79. The van der Waals surface area contributed by atoms with Gasteiger partial charge in [-0.25, -0.2) is 4.79 Å². The summed E-state index contributed by atoms with van der Waals surface area (Å²) in [6.07, 6.45) is 0. The maximum absolute atomic E-state index is 12.0. The van der Waals surface area contributed by atoms with Crippen molar-refractivity contribution in [2.24, 2.45) is 0 Å². The molecule has 0 fully saturated rings. The monoisotopic (exact) mass is 336 g/mol. The molecule has 0 aliphatic heterocycles. The molecule has 0 bridgehead atoms. The van der Waals surface area contributed by atoms with Crippen molar-refractivity contribution in [1.29, 1.82) is 0 Å². The zero-order valence-electron chi connectivity index (χ0n) is 12.7. The van der Waals surface area contributed by atoms with Crippen LogP contribution < -0.4 is 10.6 Å². The van der Waals surface area contributed by atoms with Gasteiger partial charge in [0.15, 0.2) is 0 Å². The first-order chi connectivity index (χ1) is 10.3. The Balaban J connectivity index is 2.05. The maximum atomic E-state index is 12.0. The van der Waals surface area contributed by atoms with Crippen LogP contribution in [0.2, 0.25) is 10.0 Å². The van der Waals surface area contributed by atoms with Crippen molar-refractivity contribution in [1.82, 2.24) is 0 Å². The number of urea groups is 1. The summed E-state index contributed by atoms with van der Waals surface area (Å²) < 4.78 is 0. The molecule has 0 unspecified atom stereocenters. The normalized spacial score (nSPS) is 11.1. The second kappa shape index (κ2) is 6.59. The Morgan fingerprint density at radius 2 is 1.59 bits per heavy atom. The van der Waals surface area contributed by atoms with Crippen LogP contribution in [0.5, 0.6) is 0 Å². The minimum atomic E-state index is -0.368. The van der Waals surface area contributed by atoms with Gasteiger partial charge in [0.25, 0.3) is 0 Å². The molecule has 0 saturated heterocycles. The Morgan fingerprint density at radius 1 is 0.955 bits per heavy atom. The number of carbonyl (C=O) groups is 1. The Bertz CT molecular complexity index is 676. The van der Waals surface area contributed by atoms with E-state index in [1.165, 1.54) is 5.56 Å². The summed E-state index contributed by atoms with van der Waals surface area (Å²) in [4.78, 5) is 12.0. The van der Waals surface area contributed by atoms with Gasteiger partial charge in [-0.1, -0.05) is 62.2 Å². The molecule has 116 valence electrons. The lowest BCUT2D eigenvalue weighted by atomic mass is 9.87. The SMILES string of the molecule is CC(C)(C)c1ccc(NC(=O)Nc2cccc(Cl)c2Cl)cc1. The lowest BCUT2D eigenvalue weighted by Gasteiger charge is -2.19. The van der Waals surface area contributed by atoms with Gasteiger partial charge in [0.1, 0.15) is 0 Å². The molecule has 2 N–H and O–H groups in total. The van der Waals surface area contributed by atoms with Gasteiger partial charge in [-0.05, 0) is 35.2 Å². The van der Waals surface area contributed by atoms with Crippen molar-refractivity contribution in [2.45, 2.75) is 26.2 Å². The largest absolute Gasteiger partial charge is 0.323 e. The predicted octanol–water partition coefficient (Wildman–Crippen LogP) is 5.93.